The second kappa shape index (κ2) is 5.08. The average Bonchev–Trinajstić information content (AvgIpc) is 3.05. The Hall–Kier alpha value is -2.57. The second-order valence-corrected chi connectivity index (χ2v) is 4.62. The summed E-state index contributed by atoms with van der Waals surface area (Å²) in [6, 6.07) is 3.39. The van der Waals surface area contributed by atoms with Crippen LogP contribution < -0.4 is 0 Å². The Balaban J connectivity index is 2.13. The van der Waals surface area contributed by atoms with Gasteiger partial charge >= 0.3 is 0 Å². The van der Waals surface area contributed by atoms with Gasteiger partial charge in [0.25, 0.3) is 6.43 Å². The van der Waals surface area contributed by atoms with Crippen LogP contribution in [0.15, 0.2) is 35.2 Å². The molecule has 0 N–H and O–H groups in total. The van der Waals surface area contributed by atoms with E-state index in [1.807, 2.05) is 6.92 Å². The Kier molecular flexibility index (Phi) is 3.25. The van der Waals surface area contributed by atoms with Crippen LogP contribution in [-0.2, 0) is 11.2 Å². The molecule has 0 spiro atoms. The number of aryl methyl sites for hydroxylation is 1. The smallest absolute Gasteiger partial charge is 0.296 e. The molecule has 0 aromatic carbocycles. The number of nitrogens with zero attached hydrogens (tertiary/aromatic N) is 3. The van der Waals surface area contributed by atoms with Crippen molar-refractivity contribution in [3.05, 3.63) is 42.2 Å². The Morgan fingerprint density at radius 2 is 2.19 bits per heavy atom. The summed E-state index contributed by atoms with van der Waals surface area (Å²) in [6.45, 7) is 1.81. The van der Waals surface area contributed by atoms with Crippen molar-refractivity contribution >= 4 is 11.4 Å². The minimum atomic E-state index is -3.00. The molecule has 3 aromatic rings. The average molecular weight is 291 g/mol. The minimum Gasteiger partial charge on any atom is -0.463 e. The van der Waals surface area contributed by atoms with Gasteiger partial charge in [-0.05, 0) is 19.1 Å². The van der Waals surface area contributed by atoms with Gasteiger partial charge in [-0.2, -0.15) is 0 Å². The molecule has 0 aliphatic rings. The van der Waals surface area contributed by atoms with Crippen molar-refractivity contribution in [3.63, 3.8) is 0 Å². The summed E-state index contributed by atoms with van der Waals surface area (Å²) in [5.74, 6) is -0.693. The molecule has 108 valence electrons. The Morgan fingerprint density at radius 3 is 2.86 bits per heavy atom. The standard InChI is InChI=1S/C14H11F2N3O2/c1-8-6-19-7-9(5-10(20)13(15)16)18-12(14(19)17-8)11-3-2-4-21-11/h2-4,6-7,13H,5H2,1H3. The number of hydrogen-bond donors (Lipinski definition) is 0. The van der Waals surface area contributed by atoms with Gasteiger partial charge in [-0.15, -0.1) is 0 Å². The largest absolute Gasteiger partial charge is 0.463 e. The number of carbonyl (C=O) groups excluding carboxylic acids is 1. The Labute approximate surface area is 118 Å². The molecule has 0 atom stereocenters. The van der Waals surface area contributed by atoms with Crippen molar-refractivity contribution in [3.8, 4) is 11.5 Å². The number of ketones is 1. The van der Waals surface area contributed by atoms with Crippen molar-refractivity contribution in [2.24, 2.45) is 0 Å². The SMILES string of the molecule is Cc1cn2cc(CC(=O)C(F)F)nc(-c3ccco3)c2n1. The molecule has 0 aliphatic heterocycles. The number of carbonyl (C=O) groups is 1. The van der Waals surface area contributed by atoms with Crippen LogP contribution in [0, 0.1) is 6.92 Å². The summed E-state index contributed by atoms with van der Waals surface area (Å²) in [5.41, 5.74) is 1.97. The molecule has 3 aromatic heterocycles. The number of alkyl halides is 2. The fourth-order valence-electron chi connectivity index (χ4n) is 2.09. The van der Waals surface area contributed by atoms with Crippen LogP contribution in [0.1, 0.15) is 11.4 Å². The lowest BCUT2D eigenvalue weighted by Crippen LogP contribution is -2.14. The van der Waals surface area contributed by atoms with Crippen molar-refractivity contribution in [2.75, 3.05) is 0 Å². The molecule has 21 heavy (non-hydrogen) atoms. The predicted molar refractivity (Wildman–Crippen MR) is 70.1 cm³/mol. The maximum absolute atomic E-state index is 12.4. The lowest BCUT2D eigenvalue weighted by molar-refractivity contribution is -0.128. The molecule has 3 rings (SSSR count). The monoisotopic (exact) mass is 291 g/mol. The number of rotatable bonds is 4. The van der Waals surface area contributed by atoms with Gasteiger partial charge in [0.2, 0.25) is 5.78 Å². The van der Waals surface area contributed by atoms with Crippen LogP contribution >= 0.6 is 0 Å². The van der Waals surface area contributed by atoms with Gasteiger partial charge in [0, 0.05) is 12.4 Å². The van der Waals surface area contributed by atoms with Crippen molar-refractivity contribution < 1.29 is 18.0 Å². The van der Waals surface area contributed by atoms with E-state index in [0.29, 0.717) is 17.1 Å². The van der Waals surface area contributed by atoms with E-state index in [-0.39, 0.29) is 5.69 Å². The zero-order chi connectivity index (χ0) is 15.0. The molecule has 0 saturated heterocycles. The van der Waals surface area contributed by atoms with Crippen molar-refractivity contribution in [1.29, 1.82) is 0 Å². The third-order valence-electron chi connectivity index (χ3n) is 2.96. The highest BCUT2D eigenvalue weighted by atomic mass is 19.3. The van der Waals surface area contributed by atoms with Crippen molar-refractivity contribution in [1.82, 2.24) is 14.4 Å². The van der Waals surface area contributed by atoms with Crippen molar-refractivity contribution in [2.45, 2.75) is 19.8 Å². The fraction of sp³-hybridized carbons (Fsp3) is 0.214. The second-order valence-electron chi connectivity index (χ2n) is 4.62. The van der Waals surface area contributed by atoms with E-state index in [9.17, 15) is 13.6 Å². The van der Waals surface area contributed by atoms with Crippen LogP contribution in [-0.4, -0.2) is 26.6 Å². The fourth-order valence-corrected chi connectivity index (χ4v) is 2.09. The maximum atomic E-state index is 12.4. The number of hydrogen-bond acceptors (Lipinski definition) is 4. The molecular weight excluding hydrogens is 280 g/mol. The summed E-state index contributed by atoms with van der Waals surface area (Å²) >= 11 is 0. The lowest BCUT2D eigenvalue weighted by Gasteiger charge is -2.05. The zero-order valence-corrected chi connectivity index (χ0v) is 11.1. The van der Waals surface area contributed by atoms with Gasteiger partial charge < -0.3 is 8.82 Å². The third kappa shape index (κ3) is 2.54. The van der Waals surface area contributed by atoms with E-state index in [4.69, 9.17) is 4.42 Å². The molecule has 7 heteroatoms. The number of imidazole rings is 1. The molecule has 0 aliphatic carbocycles. The van der Waals surface area contributed by atoms with Gasteiger partial charge in [0.15, 0.2) is 11.4 Å². The first kappa shape index (κ1) is 13.4. The van der Waals surface area contributed by atoms with Crippen LogP contribution in [0.4, 0.5) is 8.78 Å². The van der Waals surface area contributed by atoms with E-state index in [2.05, 4.69) is 9.97 Å². The van der Waals surface area contributed by atoms with Gasteiger partial charge in [0.05, 0.1) is 24.1 Å². The first-order chi connectivity index (χ1) is 10.0. The number of aromatic nitrogens is 3. The molecule has 3 heterocycles. The van der Waals surface area contributed by atoms with E-state index in [1.54, 1.807) is 22.7 Å². The first-order valence-electron chi connectivity index (χ1n) is 6.24. The molecule has 5 nitrogen and oxygen atoms in total. The van der Waals surface area contributed by atoms with Crippen LogP contribution in [0.2, 0.25) is 0 Å². The van der Waals surface area contributed by atoms with Gasteiger partial charge in [-0.3, -0.25) is 4.79 Å². The van der Waals surface area contributed by atoms with E-state index in [1.165, 1.54) is 12.5 Å². The Bertz CT molecular complexity index is 794. The summed E-state index contributed by atoms with van der Waals surface area (Å²) in [4.78, 5) is 19.8. The van der Waals surface area contributed by atoms with Crippen LogP contribution in [0.25, 0.3) is 17.1 Å². The molecule has 0 fully saturated rings. The van der Waals surface area contributed by atoms with Crippen LogP contribution in [0.3, 0.4) is 0 Å². The molecule has 0 unspecified atom stereocenters. The number of fused-ring (bicyclic) bond motifs is 1. The number of furan rings is 1. The first-order valence-corrected chi connectivity index (χ1v) is 6.24. The van der Waals surface area contributed by atoms with Crippen LogP contribution in [0.5, 0.6) is 0 Å². The molecule has 0 bridgehead atoms. The number of Topliss-reactive ketones (excluding diaryl/α,β-unsaturated/α-hetero) is 1. The van der Waals surface area contributed by atoms with E-state index in [0.717, 1.165) is 5.69 Å². The maximum Gasteiger partial charge on any atom is 0.296 e. The molecule has 0 amide bonds. The van der Waals surface area contributed by atoms with E-state index >= 15 is 0 Å². The third-order valence-corrected chi connectivity index (χ3v) is 2.96. The highest BCUT2D eigenvalue weighted by molar-refractivity contribution is 5.83. The van der Waals surface area contributed by atoms with E-state index < -0.39 is 18.6 Å². The molecule has 0 radical (unpaired) electrons. The normalized spacial score (nSPS) is 11.4. The quantitative estimate of drug-likeness (QED) is 0.741. The minimum absolute atomic E-state index is 0.247. The highest BCUT2D eigenvalue weighted by Crippen LogP contribution is 2.23. The molecule has 0 saturated carbocycles. The van der Waals surface area contributed by atoms with Gasteiger partial charge in [-0.25, -0.2) is 18.7 Å². The summed E-state index contributed by atoms with van der Waals surface area (Å²) < 4.78 is 31.7. The zero-order valence-electron chi connectivity index (χ0n) is 11.1. The summed E-state index contributed by atoms with van der Waals surface area (Å²) in [6.07, 6.45) is 1.32. The predicted octanol–water partition coefficient (Wildman–Crippen LogP) is 2.67. The highest BCUT2D eigenvalue weighted by Gasteiger charge is 2.19. The topological polar surface area (TPSA) is 60.4 Å². The Morgan fingerprint density at radius 1 is 1.38 bits per heavy atom. The van der Waals surface area contributed by atoms with Gasteiger partial charge in [-0.1, -0.05) is 0 Å². The number of halogens is 2. The van der Waals surface area contributed by atoms with Gasteiger partial charge in [0.1, 0.15) is 5.69 Å². The lowest BCUT2D eigenvalue weighted by atomic mass is 10.2. The summed E-state index contributed by atoms with van der Waals surface area (Å²) in [7, 11) is 0. The molecular formula is C14H11F2N3O2. The summed E-state index contributed by atoms with van der Waals surface area (Å²) in [5, 5.41) is 0.